The molecule has 1 rings (SSSR count). The van der Waals surface area contributed by atoms with Crippen LogP contribution in [-0.2, 0) is 9.53 Å². The minimum atomic E-state index is -0.135. The standard InChI is InChI=1S/C10H20N2O2/c1-7(2)9(4-10(13)14-3)12-5-8(11)6-12/h7-9H,4-6,11H2,1-3H3. The van der Waals surface area contributed by atoms with Gasteiger partial charge >= 0.3 is 5.97 Å². The van der Waals surface area contributed by atoms with E-state index in [1.807, 2.05) is 0 Å². The number of methoxy groups -OCH3 is 1. The van der Waals surface area contributed by atoms with Crippen molar-refractivity contribution in [1.29, 1.82) is 0 Å². The summed E-state index contributed by atoms with van der Waals surface area (Å²) < 4.78 is 4.68. The summed E-state index contributed by atoms with van der Waals surface area (Å²) in [5.74, 6) is 0.325. The fourth-order valence-electron chi connectivity index (χ4n) is 1.86. The summed E-state index contributed by atoms with van der Waals surface area (Å²) in [5, 5.41) is 0. The number of rotatable bonds is 4. The first-order valence-corrected chi connectivity index (χ1v) is 5.11. The summed E-state index contributed by atoms with van der Waals surface area (Å²) in [6.07, 6.45) is 0.473. The van der Waals surface area contributed by atoms with E-state index in [9.17, 15) is 4.79 Å². The van der Waals surface area contributed by atoms with Gasteiger partial charge in [0.05, 0.1) is 13.5 Å². The van der Waals surface area contributed by atoms with Crippen LogP contribution >= 0.6 is 0 Å². The van der Waals surface area contributed by atoms with E-state index >= 15 is 0 Å². The molecule has 1 fully saturated rings. The predicted molar refractivity (Wildman–Crippen MR) is 54.8 cm³/mol. The van der Waals surface area contributed by atoms with Gasteiger partial charge in [0, 0.05) is 25.2 Å². The highest BCUT2D eigenvalue weighted by atomic mass is 16.5. The zero-order valence-corrected chi connectivity index (χ0v) is 9.19. The molecule has 1 atom stereocenters. The molecule has 0 aromatic heterocycles. The van der Waals surface area contributed by atoms with Gasteiger partial charge in [-0.1, -0.05) is 13.8 Å². The van der Waals surface area contributed by atoms with Crippen molar-refractivity contribution in [2.45, 2.75) is 32.4 Å². The quantitative estimate of drug-likeness (QED) is 0.659. The van der Waals surface area contributed by atoms with Crippen LogP contribution in [0.1, 0.15) is 20.3 Å². The lowest BCUT2D eigenvalue weighted by molar-refractivity contribution is -0.143. The molecule has 1 heterocycles. The number of hydrogen-bond donors (Lipinski definition) is 1. The zero-order valence-electron chi connectivity index (χ0n) is 9.19. The molecule has 1 aliphatic heterocycles. The lowest BCUT2D eigenvalue weighted by Crippen LogP contribution is -2.60. The largest absolute Gasteiger partial charge is 0.469 e. The second kappa shape index (κ2) is 4.75. The van der Waals surface area contributed by atoms with Gasteiger partial charge in [-0.2, -0.15) is 0 Å². The van der Waals surface area contributed by atoms with Crippen molar-refractivity contribution in [3.63, 3.8) is 0 Å². The van der Waals surface area contributed by atoms with Crippen molar-refractivity contribution < 1.29 is 9.53 Å². The summed E-state index contributed by atoms with van der Waals surface area (Å²) in [4.78, 5) is 13.4. The number of likely N-dealkylation sites (tertiary alicyclic amines) is 1. The van der Waals surface area contributed by atoms with Crippen LogP contribution in [0, 0.1) is 5.92 Å². The summed E-state index contributed by atoms with van der Waals surface area (Å²) in [7, 11) is 1.43. The zero-order chi connectivity index (χ0) is 10.7. The third-order valence-electron chi connectivity index (χ3n) is 2.78. The topological polar surface area (TPSA) is 55.6 Å². The number of nitrogens with zero attached hydrogens (tertiary/aromatic N) is 1. The van der Waals surface area contributed by atoms with Gasteiger partial charge in [-0.15, -0.1) is 0 Å². The number of esters is 1. The molecule has 0 saturated carbocycles. The molecule has 0 aromatic rings. The molecule has 0 amide bonds. The molecule has 4 nitrogen and oxygen atoms in total. The molecule has 4 heteroatoms. The summed E-state index contributed by atoms with van der Waals surface area (Å²) in [6, 6.07) is 0.566. The predicted octanol–water partition coefficient (Wildman–Crippen LogP) is 0.217. The Morgan fingerprint density at radius 3 is 2.50 bits per heavy atom. The van der Waals surface area contributed by atoms with Gasteiger partial charge in [-0.3, -0.25) is 9.69 Å². The molecule has 0 aromatic carbocycles. The van der Waals surface area contributed by atoms with Crippen LogP contribution in [0.3, 0.4) is 0 Å². The van der Waals surface area contributed by atoms with E-state index in [1.54, 1.807) is 0 Å². The maximum Gasteiger partial charge on any atom is 0.307 e. The first kappa shape index (κ1) is 11.5. The Morgan fingerprint density at radius 2 is 2.14 bits per heavy atom. The molecule has 1 aliphatic rings. The highest BCUT2D eigenvalue weighted by molar-refractivity contribution is 5.70. The van der Waals surface area contributed by atoms with E-state index in [0.717, 1.165) is 13.1 Å². The Labute approximate surface area is 85.4 Å². The van der Waals surface area contributed by atoms with Crippen LogP contribution in [0.25, 0.3) is 0 Å². The Bertz CT molecular complexity index is 200. The SMILES string of the molecule is COC(=O)CC(C(C)C)N1CC(N)C1. The molecule has 14 heavy (non-hydrogen) atoms. The number of carbonyl (C=O) groups excluding carboxylic acids is 1. The van der Waals surface area contributed by atoms with Crippen molar-refractivity contribution in [2.75, 3.05) is 20.2 Å². The number of ether oxygens (including phenoxy) is 1. The Hall–Kier alpha value is -0.610. The van der Waals surface area contributed by atoms with Crippen LogP contribution in [0.2, 0.25) is 0 Å². The second-order valence-electron chi connectivity index (χ2n) is 4.31. The molecular weight excluding hydrogens is 180 g/mol. The molecular formula is C10H20N2O2. The van der Waals surface area contributed by atoms with Gasteiger partial charge in [0.25, 0.3) is 0 Å². The Balaban J connectivity index is 2.43. The lowest BCUT2D eigenvalue weighted by Gasteiger charge is -2.44. The lowest BCUT2D eigenvalue weighted by atomic mass is 9.94. The molecule has 2 N–H and O–H groups in total. The normalized spacial score (nSPS) is 20.6. The van der Waals surface area contributed by atoms with E-state index in [-0.39, 0.29) is 18.1 Å². The monoisotopic (exact) mass is 200 g/mol. The van der Waals surface area contributed by atoms with E-state index in [1.165, 1.54) is 7.11 Å². The number of nitrogens with two attached hydrogens (primary N) is 1. The van der Waals surface area contributed by atoms with E-state index in [2.05, 4.69) is 23.5 Å². The molecule has 82 valence electrons. The van der Waals surface area contributed by atoms with Gasteiger partial charge in [0.2, 0.25) is 0 Å². The first-order chi connectivity index (χ1) is 6.54. The number of carbonyl (C=O) groups is 1. The highest BCUT2D eigenvalue weighted by Gasteiger charge is 2.32. The van der Waals surface area contributed by atoms with Crippen molar-refractivity contribution in [1.82, 2.24) is 4.90 Å². The van der Waals surface area contributed by atoms with Crippen molar-refractivity contribution in [3.8, 4) is 0 Å². The average Bonchev–Trinajstić information content (AvgIpc) is 2.08. The van der Waals surface area contributed by atoms with Crippen molar-refractivity contribution in [2.24, 2.45) is 11.7 Å². The van der Waals surface area contributed by atoms with E-state index < -0.39 is 0 Å². The Morgan fingerprint density at radius 1 is 1.57 bits per heavy atom. The first-order valence-electron chi connectivity index (χ1n) is 5.11. The average molecular weight is 200 g/mol. The van der Waals surface area contributed by atoms with Crippen LogP contribution in [-0.4, -0.2) is 43.2 Å². The highest BCUT2D eigenvalue weighted by Crippen LogP contribution is 2.20. The van der Waals surface area contributed by atoms with Crippen LogP contribution in [0.15, 0.2) is 0 Å². The minimum absolute atomic E-state index is 0.135. The summed E-state index contributed by atoms with van der Waals surface area (Å²) in [5.41, 5.74) is 5.71. The maximum absolute atomic E-state index is 11.2. The molecule has 0 aliphatic carbocycles. The third kappa shape index (κ3) is 2.69. The van der Waals surface area contributed by atoms with Gasteiger partial charge in [0.1, 0.15) is 0 Å². The van der Waals surface area contributed by atoms with Gasteiger partial charge in [-0.25, -0.2) is 0 Å². The summed E-state index contributed by atoms with van der Waals surface area (Å²) in [6.45, 7) is 6.05. The van der Waals surface area contributed by atoms with Gasteiger partial charge in [0.15, 0.2) is 0 Å². The fraction of sp³-hybridized carbons (Fsp3) is 0.900. The van der Waals surface area contributed by atoms with Crippen LogP contribution < -0.4 is 5.73 Å². The van der Waals surface area contributed by atoms with Crippen LogP contribution in [0.5, 0.6) is 0 Å². The smallest absolute Gasteiger partial charge is 0.307 e. The third-order valence-corrected chi connectivity index (χ3v) is 2.78. The molecule has 1 unspecified atom stereocenters. The van der Waals surface area contributed by atoms with Crippen LogP contribution in [0.4, 0.5) is 0 Å². The number of hydrogen-bond acceptors (Lipinski definition) is 4. The summed E-state index contributed by atoms with van der Waals surface area (Å²) >= 11 is 0. The molecule has 0 radical (unpaired) electrons. The van der Waals surface area contributed by atoms with Crippen molar-refractivity contribution in [3.05, 3.63) is 0 Å². The van der Waals surface area contributed by atoms with E-state index in [0.29, 0.717) is 12.3 Å². The fourth-order valence-corrected chi connectivity index (χ4v) is 1.86. The molecule has 0 bridgehead atoms. The molecule has 0 spiro atoms. The Kier molecular flexibility index (Phi) is 3.89. The van der Waals surface area contributed by atoms with Crippen molar-refractivity contribution >= 4 is 5.97 Å². The molecule has 1 saturated heterocycles. The second-order valence-corrected chi connectivity index (χ2v) is 4.31. The minimum Gasteiger partial charge on any atom is -0.469 e. The van der Waals surface area contributed by atoms with Gasteiger partial charge in [-0.05, 0) is 5.92 Å². The maximum atomic E-state index is 11.2. The van der Waals surface area contributed by atoms with Gasteiger partial charge < -0.3 is 10.5 Å². The van der Waals surface area contributed by atoms with E-state index in [4.69, 9.17) is 5.73 Å².